The van der Waals surface area contributed by atoms with Gasteiger partial charge in [-0.1, -0.05) is 0 Å². The van der Waals surface area contributed by atoms with Crippen LogP contribution in [0.5, 0.6) is 0 Å². The molecule has 0 aliphatic heterocycles. The van der Waals surface area contributed by atoms with Gasteiger partial charge >= 0.3 is 11.9 Å². The van der Waals surface area contributed by atoms with Crippen LogP contribution in [0.2, 0.25) is 0 Å². The maximum absolute atomic E-state index is 11.3. The van der Waals surface area contributed by atoms with Crippen LogP contribution in [0.25, 0.3) is 6.08 Å². The molecule has 86 valence electrons. The van der Waals surface area contributed by atoms with Gasteiger partial charge in [0.15, 0.2) is 0 Å². The number of carbonyl (C=O) groups excluding carboxylic acids is 2. The Balaban J connectivity index is 2.78. The van der Waals surface area contributed by atoms with Crippen molar-refractivity contribution in [3.8, 4) is 0 Å². The lowest BCUT2D eigenvalue weighted by molar-refractivity contribution is -0.141. The van der Waals surface area contributed by atoms with Crippen LogP contribution >= 0.6 is 0 Å². The molecular weight excluding hydrogens is 212 g/mol. The van der Waals surface area contributed by atoms with E-state index in [-0.39, 0.29) is 12.2 Å². The second-order valence-electron chi connectivity index (χ2n) is 2.96. The minimum Gasteiger partial charge on any atom is -0.466 e. The molecule has 16 heavy (non-hydrogen) atoms. The summed E-state index contributed by atoms with van der Waals surface area (Å²) in [6.45, 7) is 1.13. The van der Waals surface area contributed by atoms with E-state index < -0.39 is 11.9 Å². The van der Waals surface area contributed by atoms with Crippen LogP contribution < -0.4 is 0 Å². The highest BCUT2D eigenvalue weighted by Gasteiger charge is 2.12. The first-order chi connectivity index (χ1) is 7.63. The molecule has 0 N–H and O–H groups in total. The zero-order chi connectivity index (χ0) is 12.0. The number of methoxy groups -OCH3 is 1. The van der Waals surface area contributed by atoms with Gasteiger partial charge in [0.2, 0.25) is 0 Å². The van der Waals surface area contributed by atoms with Crippen molar-refractivity contribution < 1.29 is 23.5 Å². The van der Waals surface area contributed by atoms with Crippen LogP contribution in [-0.2, 0) is 19.1 Å². The zero-order valence-corrected chi connectivity index (χ0v) is 9.06. The summed E-state index contributed by atoms with van der Waals surface area (Å²) in [5, 5.41) is 0. The van der Waals surface area contributed by atoms with E-state index in [1.54, 1.807) is 12.1 Å². The molecule has 1 heterocycles. The minimum atomic E-state index is -0.558. The Kier molecular flexibility index (Phi) is 4.32. The molecule has 0 aromatic carbocycles. The average molecular weight is 224 g/mol. The van der Waals surface area contributed by atoms with Crippen molar-refractivity contribution in [3.05, 3.63) is 29.7 Å². The number of carbonyl (C=O) groups is 2. The van der Waals surface area contributed by atoms with Crippen LogP contribution in [0.4, 0.5) is 0 Å². The topological polar surface area (TPSA) is 65.7 Å². The van der Waals surface area contributed by atoms with Crippen molar-refractivity contribution in [2.24, 2.45) is 0 Å². The number of rotatable bonds is 4. The lowest BCUT2D eigenvalue weighted by Crippen LogP contribution is -2.12. The lowest BCUT2D eigenvalue weighted by Gasteiger charge is -2.04. The predicted octanol–water partition coefficient (Wildman–Crippen LogP) is 1.40. The molecule has 0 bridgehead atoms. The van der Waals surface area contributed by atoms with E-state index in [0.717, 1.165) is 0 Å². The second-order valence-corrected chi connectivity index (χ2v) is 2.96. The van der Waals surface area contributed by atoms with Crippen LogP contribution in [-0.4, -0.2) is 25.7 Å². The average Bonchev–Trinajstić information content (AvgIpc) is 2.75. The standard InChI is InChI=1S/C11H12O5/c1-8(12)16-7-9(11(13)14-2)6-10-4-3-5-15-10/h3-6H,7H2,1-2H3/b9-6+. The predicted molar refractivity (Wildman–Crippen MR) is 55.3 cm³/mol. The molecule has 0 aliphatic carbocycles. The van der Waals surface area contributed by atoms with Gasteiger partial charge in [0.05, 0.1) is 18.9 Å². The van der Waals surface area contributed by atoms with Gasteiger partial charge in [-0.15, -0.1) is 0 Å². The second kappa shape index (κ2) is 5.75. The molecule has 5 heteroatoms. The Labute approximate surface area is 92.6 Å². The van der Waals surface area contributed by atoms with E-state index in [9.17, 15) is 9.59 Å². The van der Waals surface area contributed by atoms with Crippen LogP contribution in [0.1, 0.15) is 12.7 Å². The van der Waals surface area contributed by atoms with E-state index in [4.69, 9.17) is 9.15 Å². The normalized spacial score (nSPS) is 11.0. The van der Waals surface area contributed by atoms with Gasteiger partial charge in [-0.25, -0.2) is 4.79 Å². The molecule has 0 radical (unpaired) electrons. The fourth-order valence-electron chi connectivity index (χ4n) is 1.02. The van der Waals surface area contributed by atoms with Gasteiger partial charge in [0.25, 0.3) is 0 Å². The summed E-state index contributed by atoms with van der Waals surface area (Å²) < 4.78 is 14.3. The quantitative estimate of drug-likeness (QED) is 0.571. The Morgan fingerprint density at radius 1 is 1.50 bits per heavy atom. The summed E-state index contributed by atoms with van der Waals surface area (Å²) in [5.74, 6) is -0.528. The number of esters is 2. The van der Waals surface area contributed by atoms with Crippen molar-refractivity contribution >= 4 is 18.0 Å². The number of ether oxygens (including phenoxy) is 2. The molecule has 0 atom stereocenters. The largest absolute Gasteiger partial charge is 0.466 e. The monoisotopic (exact) mass is 224 g/mol. The molecule has 0 saturated carbocycles. The smallest absolute Gasteiger partial charge is 0.337 e. The molecule has 0 unspecified atom stereocenters. The highest BCUT2D eigenvalue weighted by atomic mass is 16.5. The summed E-state index contributed by atoms with van der Waals surface area (Å²) in [7, 11) is 1.26. The maximum Gasteiger partial charge on any atom is 0.337 e. The lowest BCUT2D eigenvalue weighted by atomic mass is 10.2. The molecule has 1 aromatic heterocycles. The summed E-state index contributed by atoms with van der Waals surface area (Å²) in [6.07, 6.45) is 2.95. The molecule has 0 fully saturated rings. The molecular formula is C11H12O5. The fraction of sp³-hybridized carbons (Fsp3) is 0.273. The van der Waals surface area contributed by atoms with Gasteiger partial charge < -0.3 is 13.9 Å². The SMILES string of the molecule is COC(=O)/C(=C/c1ccco1)COC(C)=O. The Bertz CT molecular complexity index is 389. The fourth-order valence-corrected chi connectivity index (χ4v) is 1.02. The van der Waals surface area contributed by atoms with Crippen LogP contribution in [0.15, 0.2) is 28.4 Å². The minimum absolute atomic E-state index is 0.136. The van der Waals surface area contributed by atoms with E-state index in [1.165, 1.54) is 26.4 Å². The highest BCUT2D eigenvalue weighted by Crippen LogP contribution is 2.09. The molecule has 1 aromatic rings. The van der Waals surface area contributed by atoms with Gasteiger partial charge in [-0.3, -0.25) is 4.79 Å². The highest BCUT2D eigenvalue weighted by molar-refractivity contribution is 5.93. The molecule has 1 rings (SSSR count). The first-order valence-electron chi connectivity index (χ1n) is 4.59. The van der Waals surface area contributed by atoms with Crippen molar-refractivity contribution in [2.75, 3.05) is 13.7 Å². The maximum atomic E-state index is 11.3. The molecule has 0 amide bonds. The molecule has 0 aliphatic rings. The van der Waals surface area contributed by atoms with Gasteiger partial charge in [0, 0.05) is 6.92 Å². The van der Waals surface area contributed by atoms with Gasteiger partial charge in [-0.05, 0) is 18.2 Å². The number of hydrogen-bond acceptors (Lipinski definition) is 5. The van der Waals surface area contributed by atoms with E-state index >= 15 is 0 Å². The Hall–Kier alpha value is -2.04. The van der Waals surface area contributed by atoms with Crippen molar-refractivity contribution in [2.45, 2.75) is 6.92 Å². The summed E-state index contributed by atoms with van der Waals surface area (Å²) in [6, 6.07) is 3.36. The number of furan rings is 1. The third-order valence-corrected chi connectivity index (χ3v) is 1.74. The third-order valence-electron chi connectivity index (χ3n) is 1.74. The zero-order valence-electron chi connectivity index (χ0n) is 9.06. The summed E-state index contributed by atoms with van der Waals surface area (Å²) in [4.78, 5) is 22.0. The van der Waals surface area contributed by atoms with Crippen molar-refractivity contribution in [1.29, 1.82) is 0 Å². The first-order valence-corrected chi connectivity index (χ1v) is 4.59. The van der Waals surface area contributed by atoms with Crippen LogP contribution in [0.3, 0.4) is 0 Å². The van der Waals surface area contributed by atoms with Gasteiger partial charge in [-0.2, -0.15) is 0 Å². The van der Waals surface area contributed by atoms with Crippen LogP contribution in [0, 0.1) is 0 Å². The molecule has 0 saturated heterocycles. The van der Waals surface area contributed by atoms with Gasteiger partial charge in [0.1, 0.15) is 12.4 Å². The first kappa shape index (κ1) is 12.0. The van der Waals surface area contributed by atoms with Crippen molar-refractivity contribution in [1.82, 2.24) is 0 Å². The van der Waals surface area contributed by atoms with Crippen molar-refractivity contribution in [3.63, 3.8) is 0 Å². The number of hydrogen-bond donors (Lipinski definition) is 0. The Morgan fingerprint density at radius 2 is 2.25 bits per heavy atom. The Morgan fingerprint density at radius 3 is 2.75 bits per heavy atom. The van der Waals surface area contributed by atoms with E-state index in [2.05, 4.69) is 4.74 Å². The third kappa shape index (κ3) is 3.61. The summed E-state index contributed by atoms with van der Waals surface area (Å²) >= 11 is 0. The van der Waals surface area contributed by atoms with E-state index in [1.807, 2.05) is 0 Å². The molecule has 5 nitrogen and oxygen atoms in total. The van der Waals surface area contributed by atoms with E-state index in [0.29, 0.717) is 5.76 Å². The summed E-state index contributed by atoms with van der Waals surface area (Å²) in [5.41, 5.74) is 0.215. The molecule has 0 spiro atoms.